The second-order valence-corrected chi connectivity index (χ2v) is 7.97. The van der Waals surface area contributed by atoms with E-state index < -0.39 is 5.41 Å². The van der Waals surface area contributed by atoms with Gasteiger partial charge in [0.05, 0.1) is 29.8 Å². The predicted molar refractivity (Wildman–Crippen MR) is 99.7 cm³/mol. The van der Waals surface area contributed by atoms with E-state index in [1.807, 2.05) is 32.0 Å². The zero-order valence-electron chi connectivity index (χ0n) is 16.3. The fourth-order valence-electron chi connectivity index (χ4n) is 5.42. The fourth-order valence-corrected chi connectivity index (χ4v) is 5.42. The van der Waals surface area contributed by atoms with Gasteiger partial charge in [0.15, 0.2) is 0 Å². The topological polar surface area (TPSA) is 59.3 Å². The van der Waals surface area contributed by atoms with Crippen LogP contribution in [0, 0.1) is 22.7 Å². The van der Waals surface area contributed by atoms with Crippen molar-refractivity contribution in [3.63, 3.8) is 0 Å². The third kappa shape index (κ3) is 2.65. The Morgan fingerprint density at radius 3 is 2.77 bits per heavy atom. The number of esters is 1. The molecular weight excluding hydrogens is 326 g/mol. The van der Waals surface area contributed by atoms with Crippen molar-refractivity contribution in [2.24, 2.45) is 11.3 Å². The highest BCUT2D eigenvalue weighted by Crippen LogP contribution is 2.61. The molecule has 2 aliphatic rings. The fraction of sp³-hybridized carbons (Fsp3) is 0.636. The lowest BCUT2D eigenvalue weighted by Crippen LogP contribution is -2.52. The Morgan fingerprint density at radius 1 is 1.38 bits per heavy atom. The molecule has 4 heteroatoms. The Hall–Kier alpha value is -1.86. The molecule has 0 bridgehead atoms. The summed E-state index contributed by atoms with van der Waals surface area (Å²) in [5.41, 5.74) is 1.91. The summed E-state index contributed by atoms with van der Waals surface area (Å²) in [7, 11) is 1.79. The van der Waals surface area contributed by atoms with E-state index in [2.05, 4.69) is 13.0 Å². The molecule has 1 fully saturated rings. The van der Waals surface area contributed by atoms with Gasteiger partial charge in [-0.15, -0.1) is 0 Å². The van der Waals surface area contributed by atoms with Crippen LogP contribution in [-0.4, -0.2) is 25.8 Å². The molecule has 0 aliphatic heterocycles. The van der Waals surface area contributed by atoms with Crippen molar-refractivity contribution in [2.45, 2.75) is 64.4 Å². The molecule has 0 saturated heterocycles. The van der Waals surface area contributed by atoms with Gasteiger partial charge < -0.3 is 9.47 Å². The number of carbonyl (C=O) groups excluding carboxylic acids is 1. The summed E-state index contributed by atoms with van der Waals surface area (Å²) >= 11 is 0. The van der Waals surface area contributed by atoms with Gasteiger partial charge in [-0.2, -0.15) is 5.26 Å². The molecule has 0 amide bonds. The third-order valence-corrected chi connectivity index (χ3v) is 6.96. The number of rotatable bonds is 4. The van der Waals surface area contributed by atoms with Crippen molar-refractivity contribution in [3.05, 3.63) is 34.9 Å². The van der Waals surface area contributed by atoms with Gasteiger partial charge in [0.25, 0.3) is 0 Å². The lowest BCUT2D eigenvalue weighted by Gasteiger charge is -2.49. The number of hydrogen-bond acceptors (Lipinski definition) is 4. The number of methoxy groups -OCH3 is 1. The van der Waals surface area contributed by atoms with Gasteiger partial charge in [-0.1, -0.05) is 19.4 Å². The molecule has 1 saturated carbocycles. The van der Waals surface area contributed by atoms with E-state index in [4.69, 9.17) is 9.47 Å². The van der Waals surface area contributed by atoms with Gasteiger partial charge >= 0.3 is 5.97 Å². The van der Waals surface area contributed by atoms with E-state index in [-0.39, 0.29) is 17.5 Å². The van der Waals surface area contributed by atoms with Crippen molar-refractivity contribution in [1.29, 1.82) is 5.26 Å². The van der Waals surface area contributed by atoms with Crippen LogP contribution in [0.15, 0.2) is 18.2 Å². The molecule has 1 aromatic rings. The quantitative estimate of drug-likeness (QED) is 0.762. The van der Waals surface area contributed by atoms with Crippen LogP contribution < -0.4 is 0 Å². The van der Waals surface area contributed by atoms with E-state index in [9.17, 15) is 10.1 Å². The first-order valence-electron chi connectivity index (χ1n) is 9.69. The van der Waals surface area contributed by atoms with Crippen molar-refractivity contribution >= 4 is 5.97 Å². The van der Waals surface area contributed by atoms with Crippen LogP contribution in [-0.2, 0) is 26.1 Å². The van der Waals surface area contributed by atoms with Crippen molar-refractivity contribution in [1.82, 2.24) is 0 Å². The highest BCUT2D eigenvalue weighted by atomic mass is 16.5. The Morgan fingerprint density at radius 2 is 2.15 bits per heavy atom. The van der Waals surface area contributed by atoms with E-state index in [1.165, 1.54) is 5.56 Å². The molecule has 4 nitrogen and oxygen atoms in total. The minimum atomic E-state index is -0.711. The van der Waals surface area contributed by atoms with Gasteiger partial charge in [0.1, 0.15) is 0 Å². The summed E-state index contributed by atoms with van der Waals surface area (Å²) < 4.78 is 11.3. The smallest absolute Gasteiger partial charge is 0.316 e. The zero-order chi connectivity index (χ0) is 18.9. The van der Waals surface area contributed by atoms with Gasteiger partial charge in [-0.25, -0.2) is 0 Å². The molecule has 0 heterocycles. The summed E-state index contributed by atoms with van der Waals surface area (Å²) in [6.45, 7) is 6.47. The Kier molecular flexibility index (Phi) is 5.12. The second-order valence-electron chi connectivity index (χ2n) is 7.97. The molecule has 0 radical (unpaired) electrons. The molecular formula is C22H29NO3. The molecule has 3 rings (SSSR count). The summed E-state index contributed by atoms with van der Waals surface area (Å²) in [4.78, 5) is 13.2. The SMILES string of the molecule is CCOC(=O)C1(C)c2cc(C#N)ccc2CC12CCC(OC)C(CC)C2. The summed E-state index contributed by atoms with van der Waals surface area (Å²) in [5, 5.41) is 9.35. The average molecular weight is 355 g/mol. The highest BCUT2D eigenvalue weighted by Gasteiger charge is 2.61. The molecule has 2 aliphatic carbocycles. The van der Waals surface area contributed by atoms with Crippen molar-refractivity contribution in [2.75, 3.05) is 13.7 Å². The maximum absolute atomic E-state index is 13.2. The number of hydrogen-bond donors (Lipinski definition) is 0. The first-order chi connectivity index (χ1) is 12.5. The van der Waals surface area contributed by atoms with Crippen LogP contribution >= 0.6 is 0 Å². The van der Waals surface area contributed by atoms with E-state index in [0.29, 0.717) is 18.1 Å². The Labute approximate surface area is 156 Å². The van der Waals surface area contributed by atoms with Crippen LogP contribution in [0.5, 0.6) is 0 Å². The Bertz CT molecular complexity index is 737. The lowest BCUT2D eigenvalue weighted by atomic mass is 9.55. The molecule has 140 valence electrons. The van der Waals surface area contributed by atoms with Gasteiger partial charge in [0.2, 0.25) is 0 Å². The maximum atomic E-state index is 13.2. The summed E-state index contributed by atoms with van der Waals surface area (Å²) in [6.07, 6.45) is 5.02. The molecule has 26 heavy (non-hydrogen) atoms. The van der Waals surface area contributed by atoms with Gasteiger partial charge in [0, 0.05) is 7.11 Å². The normalized spacial score (nSPS) is 32.9. The van der Waals surface area contributed by atoms with Crippen LogP contribution in [0.25, 0.3) is 0 Å². The average Bonchev–Trinajstić information content (AvgIpc) is 2.90. The number of ether oxygens (including phenoxy) is 2. The van der Waals surface area contributed by atoms with E-state index >= 15 is 0 Å². The maximum Gasteiger partial charge on any atom is 0.316 e. The molecule has 0 aromatic heterocycles. The minimum absolute atomic E-state index is 0.153. The van der Waals surface area contributed by atoms with Crippen LogP contribution in [0.2, 0.25) is 0 Å². The third-order valence-electron chi connectivity index (χ3n) is 6.96. The van der Waals surface area contributed by atoms with Gasteiger partial charge in [-0.05, 0) is 74.1 Å². The monoisotopic (exact) mass is 355 g/mol. The molecule has 0 N–H and O–H groups in total. The van der Waals surface area contributed by atoms with E-state index in [1.54, 1.807) is 7.11 Å². The molecule has 1 aromatic carbocycles. The van der Waals surface area contributed by atoms with Crippen LogP contribution in [0.1, 0.15) is 63.1 Å². The second kappa shape index (κ2) is 7.04. The van der Waals surface area contributed by atoms with Crippen LogP contribution in [0.3, 0.4) is 0 Å². The molecule has 4 atom stereocenters. The van der Waals surface area contributed by atoms with Crippen molar-refractivity contribution < 1.29 is 14.3 Å². The standard InChI is InChI=1S/C22H29NO3/c1-5-16-12-22(10-9-19(16)25-4)13-17-8-7-15(14-23)11-18(17)21(22,3)20(24)26-6-2/h7-8,11,16,19H,5-6,9-10,12-13H2,1-4H3. The first-order valence-corrected chi connectivity index (χ1v) is 9.69. The number of nitriles is 1. The number of carbonyl (C=O) groups is 1. The van der Waals surface area contributed by atoms with Gasteiger partial charge in [-0.3, -0.25) is 4.79 Å². The first kappa shape index (κ1) is 18.9. The highest BCUT2D eigenvalue weighted by molar-refractivity contribution is 5.86. The molecule has 4 unspecified atom stereocenters. The van der Waals surface area contributed by atoms with Crippen molar-refractivity contribution in [3.8, 4) is 6.07 Å². The number of nitrogens with zero attached hydrogens (tertiary/aromatic N) is 1. The van der Waals surface area contributed by atoms with Crippen LogP contribution in [0.4, 0.5) is 0 Å². The van der Waals surface area contributed by atoms with E-state index in [0.717, 1.165) is 37.7 Å². The summed E-state index contributed by atoms with van der Waals surface area (Å²) in [5.74, 6) is 0.284. The molecule has 1 spiro atoms. The minimum Gasteiger partial charge on any atom is -0.465 e. The number of fused-ring (bicyclic) bond motifs is 1. The Balaban J connectivity index is 2.11. The summed E-state index contributed by atoms with van der Waals surface area (Å²) in [6, 6.07) is 8.02. The zero-order valence-corrected chi connectivity index (χ0v) is 16.3. The number of benzene rings is 1. The largest absolute Gasteiger partial charge is 0.465 e. The lowest BCUT2D eigenvalue weighted by molar-refractivity contribution is -0.158. The predicted octanol–water partition coefficient (Wildman–Crippen LogP) is 4.15.